The van der Waals surface area contributed by atoms with Gasteiger partial charge in [0.2, 0.25) is 0 Å². The van der Waals surface area contributed by atoms with Crippen LogP contribution in [-0.4, -0.2) is 40.7 Å². The van der Waals surface area contributed by atoms with Gasteiger partial charge in [0.05, 0.1) is 30.1 Å². The fraction of sp³-hybridized carbons (Fsp3) is 0.423. The lowest BCUT2D eigenvalue weighted by molar-refractivity contribution is 0.173. The van der Waals surface area contributed by atoms with Crippen molar-refractivity contribution >= 4 is 22.6 Å². The maximum Gasteiger partial charge on any atom is 0.322 e. The summed E-state index contributed by atoms with van der Waals surface area (Å²) >= 11 is 0. The summed E-state index contributed by atoms with van der Waals surface area (Å²) in [4.78, 5) is 33.2. The number of ether oxygens (including phenoxy) is 1. The molecule has 0 aliphatic rings. The van der Waals surface area contributed by atoms with Gasteiger partial charge in [-0.1, -0.05) is 56.5 Å². The Bertz CT molecular complexity index is 1100. The van der Waals surface area contributed by atoms with Crippen molar-refractivity contribution in [2.75, 3.05) is 25.6 Å². The average molecular weight is 451 g/mol. The predicted octanol–water partition coefficient (Wildman–Crippen LogP) is 5.22. The third kappa shape index (κ3) is 6.20. The number of anilines is 1. The maximum absolute atomic E-state index is 13.3. The number of rotatable bonds is 11. The highest BCUT2D eigenvalue weighted by Crippen LogP contribution is 2.22. The van der Waals surface area contributed by atoms with Gasteiger partial charge in [0.15, 0.2) is 0 Å². The molecule has 1 unspecified atom stereocenters. The smallest absolute Gasteiger partial charge is 0.322 e. The number of urea groups is 1. The molecule has 1 aromatic heterocycles. The number of nitrogens with zero attached hydrogens (tertiary/aromatic N) is 3. The molecule has 2 aromatic carbocycles. The summed E-state index contributed by atoms with van der Waals surface area (Å²) < 4.78 is 6.89. The van der Waals surface area contributed by atoms with Crippen LogP contribution in [0.4, 0.5) is 10.5 Å². The Morgan fingerprint density at radius 3 is 2.55 bits per heavy atom. The summed E-state index contributed by atoms with van der Waals surface area (Å²) in [5.74, 6) is 0.564. The highest BCUT2D eigenvalue weighted by Gasteiger charge is 2.26. The highest BCUT2D eigenvalue weighted by atomic mass is 16.5. The molecule has 2 amide bonds. The Morgan fingerprint density at radius 2 is 1.82 bits per heavy atom. The normalized spacial score (nSPS) is 12.0. The molecule has 0 saturated carbocycles. The van der Waals surface area contributed by atoms with E-state index in [0.717, 1.165) is 31.4 Å². The quantitative estimate of drug-likeness (QED) is 0.407. The number of fused-ring (bicyclic) bond motifs is 1. The standard InChI is InChI=1S/C26H34N4O3/c1-4-5-6-12-17-29(26(32)27-21-13-8-7-9-14-21)20(2)24-28-23-16-11-10-15-22(23)25(31)30(24)18-19-33-3/h7-11,13-16,20H,4-6,12,17-19H2,1-3H3,(H,27,32). The third-order valence-electron chi connectivity index (χ3n) is 5.79. The monoisotopic (exact) mass is 450 g/mol. The summed E-state index contributed by atoms with van der Waals surface area (Å²) in [6.45, 7) is 5.43. The van der Waals surface area contributed by atoms with Crippen molar-refractivity contribution in [3.63, 3.8) is 0 Å². The van der Waals surface area contributed by atoms with Crippen LogP contribution in [0.25, 0.3) is 10.9 Å². The third-order valence-corrected chi connectivity index (χ3v) is 5.79. The molecule has 0 aliphatic carbocycles. The number of benzene rings is 2. The summed E-state index contributed by atoms with van der Waals surface area (Å²) in [5, 5.41) is 3.56. The van der Waals surface area contributed by atoms with E-state index in [1.807, 2.05) is 55.5 Å². The molecule has 7 heteroatoms. The molecule has 176 valence electrons. The van der Waals surface area contributed by atoms with E-state index in [1.54, 1.807) is 22.6 Å². The van der Waals surface area contributed by atoms with Crippen LogP contribution in [0.5, 0.6) is 0 Å². The first-order valence-corrected chi connectivity index (χ1v) is 11.7. The fourth-order valence-corrected chi connectivity index (χ4v) is 3.94. The summed E-state index contributed by atoms with van der Waals surface area (Å²) in [7, 11) is 1.61. The summed E-state index contributed by atoms with van der Waals surface area (Å²) in [6, 6.07) is 16.1. The molecule has 0 spiro atoms. The maximum atomic E-state index is 13.3. The summed E-state index contributed by atoms with van der Waals surface area (Å²) in [6.07, 6.45) is 4.17. The first-order valence-electron chi connectivity index (χ1n) is 11.7. The number of hydrogen-bond donors (Lipinski definition) is 1. The molecule has 1 atom stereocenters. The van der Waals surface area contributed by atoms with Crippen LogP contribution in [0.1, 0.15) is 51.4 Å². The molecule has 0 radical (unpaired) electrons. The average Bonchev–Trinajstić information content (AvgIpc) is 2.83. The van der Waals surface area contributed by atoms with Crippen LogP contribution >= 0.6 is 0 Å². The van der Waals surface area contributed by atoms with E-state index >= 15 is 0 Å². The first-order chi connectivity index (χ1) is 16.1. The molecular formula is C26H34N4O3. The Morgan fingerprint density at radius 1 is 1.09 bits per heavy atom. The largest absolute Gasteiger partial charge is 0.383 e. The van der Waals surface area contributed by atoms with Gasteiger partial charge in [-0.3, -0.25) is 9.36 Å². The minimum Gasteiger partial charge on any atom is -0.383 e. The fourth-order valence-electron chi connectivity index (χ4n) is 3.94. The number of para-hydroxylation sites is 2. The van der Waals surface area contributed by atoms with E-state index in [0.29, 0.717) is 36.4 Å². The van der Waals surface area contributed by atoms with Crippen LogP contribution in [0.3, 0.4) is 0 Å². The molecule has 3 aromatic rings. The van der Waals surface area contributed by atoms with Gasteiger partial charge in [0.25, 0.3) is 5.56 Å². The molecule has 0 fully saturated rings. The molecule has 1 N–H and O–H groups in total. The SMILES string of the molecule is CCCCCCN(C(=O)Nc1ccccc1)C(C)c1nc2ccccc2c(=O)n1CCOC. The number of methoxy groups -OCH3 is 1. The van der Waals surface area contributed by atoms with Gasteiger partial charge < -0.3 is 15.0 Å². The minimum absolute atomic E-state index is 0.117. The van der Waals surface area contributed by atoms with Crippen molar-refractivity contribution in [2.24, 2.45) is 0 Å². The van der Waals surface area contributed by atoms with Crippen LogP contribution in [-0.2, 0) is 11.3 Å². The van der Waals surface area contributed by atoms with Crippen LogP contribution < -0.4 is 10.9 Å². The second kappa shape index (κ2) is 12.2. The van der Waals surface area contributed by atoms with Crippen LogP contribution in [0.2, 0.25) is 0 Å². The van der Waals surface area contributed by atoms with E-state index in [2.05, 4.69) is 12.2 Å². The van der Waals surface area contributed by atoms with Crippen molar-refractivity contribution in [2.45, 2.75) is 52.1 Å². The molecule has 33 heavy (non-hydrogen) atoms. The van der Waals surface area contributed by atoms with Gasteiger partial charge in [0.1, 0.15) is 5.82 Å². The molecular weight excluding hydrogens is 416 g/mol. The number of carbonyl (C=O) groups is 1. The van der Waals surface area contributed by atoms with Gasteiger partial charge in [-0.25, -0.2) is 9.78 Å². The Kier molecular flexibility index (Phi) is 9.01. The van der Waals surface area contributed by atoms with E-state index < -0.39 is 6.04 Å². The Labute approximate surface area is 195 Å². The number of hydrogen-bond acceptors (Lipinski definition) is 4. The zero-order chi connectivity index (χ0) is 23.6. The lowest BCUT2D eigenvalue weighted by atomic mass is 10.1. The summed E-state index contributed by atoms with van der Waals surface area (Å²) in [5.41, 5.74) is 1.25. The van der Waals surface area contributed by atoms with Crippen LogP contribution in [0.15, 0.2) is 59.4 Å². The molecule has 1 heterocycles. The first kappa shape index (κ1) is 24.5. The number of aromatic nitrogens is 2. The van der Waals surface area contributed by atoms with E-state index in [-0.39, 0.29) is 11.6 Å². The van der Waals surface area contributed by atoms with E-state index in [9.17, 15) is 9.59 Å². The van der Waals surface area contributed by atoms with Gasteiger partial charge in [0, 0.05) is 19.3 Å². The Hall–Kier alpha value is -3.19. The van der Waals surface area contributed by atoms with Gasteiger partial charge in [-0.15, -0.1) is 0 Å². The second-order valence-electron chi connectivity index (χ2n) is 8.16. The van der Waals surface area contributed by atoms with Crippen molar-refractivity contribution in [3.8, 4) is 0 Å². The number of unbranched alkanes of at least 4 members (excludes halogenated alkanes) is 3. The molecule has 0 saturated heterocycles. The van der Waals surface area contributed by atoms with E-state index in [1.165, 1.54) is 0 Å². The topological polar surface area (TPSA) is 76.5 Å². The lowest BCUT2D eigenvalue weighted by Crippen LogP contribution is -2.41. The zero-order valence-corrected chi connectivity index (χ0v) is 19.8. The van der Waals surface area contributed by atoms with E-state index in [4.69, 9.17) is 9.72 Å². The second-order valence-corrected chi connectivity index (χ2v) is 8.16. The predicted molar refractivity (Wildman–Crippen MR) is 133 cm³/mol. The number of nitrogens with one attached hydrogen (secondary N) is 1. The van der Waals surface area contributed by atoms with Gasteiger partial charge in [-0.05, 0) is 37.6 Å². The molecule has 0 bridgehead atoms. The van der Waals surface area contributed by atoms with Gasteiger partial charge in [-0.2, -0.15) is 0 Å². The minimum atomic E-state index is -0.399. The molecule has 3 rings (SSSR count). The lowest BCUT2D eigenvalue weighted by Gasteiger charge is -2.30. The van der Waals surface area contributed by atoms with Crippen molar-refractivity contribution < 1.29 is 9.53 Å². The highest BCUT2D eigenvalue weighted by molar-refractivity contribution is 5.89. The van der Waals surface area contributed by atoms with Crippen molar-refractivity contribution in [1.82, 2.24) is 14.5 Å². The zero-order valence-electron chi connectivity index (χ0n) is 19.8. The van der Waals surface area contributed by atoms with Crippen molar-refractivity contribution in [1.29, 1.82) is 0 Å². The molecule has 0 aliphatic heterocycles. The molecule has 7 nitrogen and oxygen atoms in total. The Balaban J connectivity index is 1.98. The number of carbonyl (C=O) groups excluding carboxylic acids is 1. The van der Waals surface area contributed by atoms with Crippen LogP contribution in [0, 0.1) is 0 Å². The van der Waals surface area contributed by atoms with Gasteiger partial charge >= 0.3 is 6.03 Å². The van der Waals surface area contributed by atoms with Crippen molar-refractivity contribution in [3.05, 3.63) is 70.8 Å². The number of amides is 2.